The first-order valence-corrected chi connectivity index (χ1v) is 7.01. The molecule has 19 heavy (non-hydrogen) atoms. The summed E-state index contributed by atoms with van der Waals surface area (Å²) < 4.78 is 0. The molecule has 110 valence electrons. The lowest BCUT2D eigenvalue weighted by atomic mass is 9.85. The van der Waals surface area contributed by atoms with Crippen LogP contribution in [0.1, 0.15) is 47.0 Å². The van der Waals surface area contributed by atoms with Gasteiger partial charge in [0, 0.05) is 19.1 Å². The van der Waals surface area contributed by atoms with E-state index in [0.29, 0.717) is 12.5 Å². The summed E-state index contributed by atoms with van der Waals surface area (Å²) in [5, 5.41) is 11.8. The van der Waals surface area contributed by atoms with Gasteiger partial charge >= 0.3 is 12.0 Å². The normalized spacial score (nSPS) is 16.8. The summed E-state index contributed by atoms with van der Waals surface area (Å²) in [7, 11) is 0. The van der Waals surface area contributed by atoms with Crippen LogP contribution in [0, 0.1) is 11.3 Å². The number of nitrogens with one attached hydrogen (secondary N) is 1. The van der Waals surface area contributed by atoms with Crippen LogP contribution >= 0.6 is 0 Å². The summed E-state index contributed by atoms with van der Waals surface area (Å²) in [5.74, 6) is -0.247. The molecule has 2 amide bonds. The fourth-order valence-electron chi connectivity index (χ4n) is 1.96. The molecule has 0 aromatic heterocycles. The van der Waals surface area contributed by atoms with E-state index in [9.17, 15) is 9.59 Å². The number of hydrogen-bond donors (Lipinski definition) is 2. The zero-order valence-electron chi connectivity index (χ0n) is 12.4. The summed E-state index contributed by atoms with van der Waals surface area (Å²) in [6, 6.07) is -0.499. The highest BCUT2D eigenvalue weighted by atomic mass is 16.4. The fourth-order valence-corrected chi connectivity index (χ4v) is 1.96. The molecule has 0 radical (unpaired) electrons. The molecule has 5 nitrogen and oxygen atoms in total. The van der Waals surface area contributed by atoms with Gasteiger partial charge < -0.3 is 15.3 Å². The number of urea groups is 1. The Morgan fingerprint density at radius 2 is 1.95 bits per heavy atom. The average Bonchev–Trinajstić information content (AvgIpc) is 3.06. The molecule has 5 heteroatoms. The molecule has 1 rings (SSSR count). The molecule has 1 aliphatic carbocycles. The Bertz CT molecular complexity index is 332. The third-order valence-corrected chi connectivity index (χ3v) is 3.57. The Morgan fingerprint density at radius 1 is 1.37 bits per heavy atom. The van der Waals surface area contributed by atoms with Crippen molar-refractivity contribution in [2.24, 2.45) is 11.3 Å². The molecule has 1 unspecified atom stereocenters. The summed E-state index contributed by atoms with van der Waals surface area (Å²) in [4.78, 5) is 24.9. The Morgan fingerprint density at radius 3 is 2.32 bits per heavy atom. The van der Waals surface area contributed by atoms with Gasteiger partial charge in [0.05, 0.1) is 6.42 Å². The number of nitrogens with zero attached hydrogens (tertiary/aromatic N) is 1. The highest BCUT2D eigenvalue weighted by Crippen LogP contribution is 2.30. The first-order chi connectivity index (χ1) is 8.74. The minimum atomic E-state index is -0.884. The highest BCUT2D eigenvalue weighted by molar-refractivity contribution is 5.76. The van der Waals surface area contributed by atoms with Crippen molar-refractivity contribution in [3.8, 4) is 0 Å². The topological polar surface area (TPSA) is 69.6 Å². The second-order valence-corrected chi connectivity index (χ2v) is 6.45. The van der Waals surface area contributed by atoms with Crippen molar-refractivity contribution in [2.45, 2.75) is 53.0 Å². The summed E-state index contributed by atoms with van der Waals surface area (Å²) in [5.41, 5.74) is -0.271. The third kappa shape index (κ3) is 5.49. The number of amides is 2. The molecule has 0 spiro atoms. The lowest BCUT2D eigenvalue weighted by Gasteiger charge is -2.32. The number of carbonyl (C=O) groups excluding carboxylic acids is 1. The van der Waals surface area contributed by atoms with E-state index in [0.717, 1.165) is 6.54 Å². The lowest BCUT2D eigenvalue weighted by molar-refractivity contribution is -0.138. The molecule has 1 saturated carbocycles. The predicted molar refractivity (Wildman–Crippen MR) is 74.0 cm³/mol. The minimum Gasteiger partial charge on any atom is -0.481 e. The van der Waals surface area contributed by atoms with Crippen LogP contribution in [0.5, 0.6) is 0 Å². The maximum absolute atomic E-state index is 12.2. The van der Waals surface area contributed by atoms with Crippen molar-refractivity contribution in [1.29, 1.82) is 0 Å². The van der Waals surface area contributed by atoms with Gasteiger partial charge in [-0.15, -0.1) is 0 Å². The van der Waals surface area contributed by atoms with Crippen molar-refractivity contribution in [3.05, 3.63) is 0 Å². The molecule has 0 heterocycles. The maximum Gasteiger partial charge on any atom is 0.317 e. The second-order valence-electron chi connectivity index (χ2n) is 6.45. The van der Waals surface area contributed by atoms with Gasteiger partial charge in [0.25, 0.3) is 0 Å². The van der Waals surface area contributed by atoms with E-state index < -0.39 is 5.97 Å². The molecule has 1 aliphatic rings. The van der Waals surface area contributed by atoms with Crippen LogP contribution in [-0.2, 0) is 4.79 Å². The first-order valence-electron chi connectivity index (χ1n) is 7.01. The number of carboxylic acids is 1. The fraction of sp³-hybridized carbons (Fsp3) is 0.857. The Kier molecular flexibility index (Phi) is 5.20. The number of aliphatic carboxylic acids is 1. The van der Waals surface area contributed by atoms with Crippen molar-refractivity contribution < 1.29 is 14.7 Å². The van der Waals surface area contributed by atoms with Crippen LogP contribution in [0.25, 0.3) is 0 Å². The van der Waals surface area contributed by atoms with E-state index in [1.165, 1.54) is 12.8 Å². The molecule has 0 aliphatic heterocycles. The van der Waals surface area contributed by atoms with Gasteiger partial charge in [-0.1, -0.05) is 20.8 Å². The molecule has 0 aromatic rings. The number of carbonyl (C=O) groups is 2. The molecule has 0 aromatic carbocycles. The smallest absolute Gasteiger partial charge is 0.317 e. The van der Waals surface area contributed by atoms with E-state index in [2.05, 4.69) is 5.32 Å². The van der Waals surface area contributed by atoms with Crippen LogP contribution in [0.3, 0.4) is 0 Å². The quantitative estimate of drug-likeness (QED) is 0.778. The number of hydrogen-bond acceptors (Lipinski definition) is 2. The van der Waals surface area contributed by atoms with Gasteiger partial charge in [-0.3, -0.25) is 4.79 Å². The van der Waals surface area contributed by atoms with Crippen LogP contribution in [0.2, 0.25) is 0 Å². The van der Waals surface area contributed by atoms with Crippen LogP contribution in [0.15, 0.2) is 0 Å². The van der Waals surface area contributed by atoms with Crippen molar-refractivity contribution in [1.82, 2.24) is 10.2 Å². The van der Waals surface area contributed by atoms with Gasteiger partial charge in [0.15, 0.2) is 0 Å². The van der Waals surface area contributed by atoms with E-state index in [4.69, 9.17) is 5.11 Å². The van der Waals surface area contributed by atoms with Crippen LogP contribution in [0.4, 0.5) is 4.79 Å². The molecular formula is C14H26N2O3. The standard InChI is InChI=1S/C14H26N2O3/c1-5-16(9-10-6-7-10)13(19)15-11(8-12(17)18)14(2,3)4/h10-11H,5-9H2,1-4H3,(H,15,19)(H,17,18). The zero-order valence-corrected chi connectivity index (χ0v) is 12.4. The average molecular weight is 270 g/mol. The molecule has 0 bridgehead atoms. The predicted octanol–water partition coefficient (Wildman–Crippen LogP) is 2.32. The van der Waals surface area contributed by atoms with E-state index in [1.54, 1.807) is 4.90 Å². The summed E-state index contributed by atoms with van der Waals surface area (Å²) in [6.07, 6.45) is 2.35. The number of carboxylic acid groups (broad SMARTS) is 1. The molecule has 1 atom stereocenters. The molecule has 1 fully saturated rings. The lowest BCUT2D eigenvalue weighted by Crippen LogP contribution is -2.50. The maximum atomic E-state index is 12.2. The molecule has 2 N–H and O–H groups in total. The minimum absolute atomic E-state index is 0.0454. The Balaban J connectivity index is 2.60. The van der Waals surface area contributed by atoms with E-state index >= 15 is 0 Å². The van der Waals surface area contributed by atoms with Crippen LogP contribution in [-0.4, -0.2) is 41.1 Å². The van der Waals surface area contributed by atoms with Gasteiger partial charge in [-0.2, -0.15) is 0 Å². The van der Waals surface area contributed by atoms with Crippen molar-refractivity contribution >= 4 is 12.0 Å². The van der Waals surface area contributed by atoms with Gasteiger partial charge in [0.2, 0.25) is 0 Å². The largest absolute Gasteiger partial charge is 0.481 e. The molecule has 0 saturated heterocycles. The SMILES string of the molecule is CCN(CC1CC1)C(=O)NC(CC(=O)O)C(C)(C)C. The van der Waals surface area contributed by atoms with Crippen molar-refractivity contribution in [3.63, 3.8) is 0 Å². The van der Waals surface area contributed by atoms with Gasteiger partial charge in [-0.25, -0.2) is 4.79 Å². The van der Waals surface area contributed by atoms with E-state index in [-0.39, 0.29) is 23.9 Å². The van der Waals surface area contributed by atoms with Crippen LogP contribution < -0.4 is 5.32 Å². The number of rotatable bonds is 6. The first kappa shape index (κ1) is 15.8. The second kappa shape index (κ2) is 6.26. The van der Waals surface area contributed by atoms with Gasteiger partial charge in [-0.05, 0) is 31.1 Å². The third-order valence-electron chi connectivity index (χ3n) is 3.57. The summed E-state index contributed by atoms with van der Waals surface area (Å²) >= 11 is 0. The zero-order chi connectivity index (χ0) is 14.6. The monoisotopic (exact) mass is 270 g/mol. The Hall–Kier alpha value is -1.26. The van der Waals surface area contributed by atoms with Gasteiger partial charge in [0.1, 0.15) is 0 Å². The highest BCUT2D eigenvalue weighted by Gasteiger charge is 2.31. The molecular weight excluding hydrogens is 244 g/mol. The van der Waals surface area contributed by atoms with E-state index in [1.807, 2.05) is 27.7 Å². The summed E-state index contributed by atoms with van der Waals surface area (Å²) in [6.45, 7) is 9.22. The Labute approximate surface area is 115 Å². The van der Waals surface area contributed by atoms with Crippen molar-refractivity contribution in [2.75, 3.05) is 13.1 Å².